The Bertz CT molecular complexity index is 420. The van der Waals surface area contributed by atoms with Crippen LogP contribution in [0.3, 0.4) is 0 Å². The summed E-state index contributed by atoms with van der Waals surface area (Å²) in [5.41, 5.74) is 3.84. The SMILES string of the molecule is CCN(C(=O)c1ccccc1NN)C(C)CN(C)C. The highest BCUT2D eigenvalue weighted by Gasteiger charge is 2.22. The molecule has 0 aromatic heterocycles. The third kappa shape index (κ3) is 3.94. The number of para-hydroxylation sites is 1. The third-order valence-electron chi connectivity index (χ3n) is 3.08. The van der Waals surface area contributed by atoms with Gasteiger partial charge in [0.25, 0.3) is 5.91 Å². The minimum absolute atomic E-state index is 0.00500. The summed E-state index contributed by atoms with van der Waals surface area (Å²) in [7, 11) is 4.01. The molecule has 5 heteroatoms. The van der Waals surface area contributed by atoms with Crippen LogP contribution in [0.25, 0.3) is 0 Å². The van der Waals surface area contributed by atoms with Crippen LogP contribution < -0.4 is 11.3 Å². The summed E-state index contributed by atoms with van der Waals surface area (Å²) >= 11 is 0. The molecule has 0 aliphatic rings. The van der Waals surface area contributed by atoms with E-state index in [2.05, 4.69) is 17.2 Å². The van der Waals surface area contributed by atoms with Crippen molar-refractivity contribution in [3.8, 4) is 0 Å². The van der Waals surface area contributed by atoms with Crippen molar-refractivity contribution < 1.29 is 4.79 Å². The van der Waals surface area contributed by atoms with Crippen molar-refractivity contribution in [2.24, 2.45) is 5.84 Å². The van der Waals surface area contributed by atoms with Gasteiger partial charge in [-0.1, -0.05) is 12.1 Å². The van der Waals surface area contributed by atoms with Gasteiger partial charge in [-0.05, 0) is 40.1 Å². The molecule has 0 spiro atoms. The number of hydrazine groups is 1. The number of carbonyl (C=O) groups excluding carboxylic acids is 1. The van der Waals surface area contributed by atoms with Gasteiger partial charge in [-0.3, -0.25) is 10.6 Å². The fourth-order valence-electron chi connectivity index (χ4n) is 2.23. The smallest absolute Gasteiger partial charge is 0.256 e. The number of nitrogens with zero attached hydrogens (tertiary/aromatic N) is 2. The molecule has 1 aromatic rings. The number of rotatable bonds is 6. The van der Waals surface area contributed by atoms with Gasteiger partial charge in [-0.25, -0.2) is 0 Å². The predicted octanol–water partition coefficient (Wildman–Crippen LogP) is 1.38. The number of hydrogen-bond donors (Lipinski definition) is 2. The van der Waals surface area contributed by atoms with Crippen LogP contribution in [0, 0.1) is 0 Å². The molecule has 0 radical (unpaired) electrons. The molecule has 0 aliphatic carbocycles. The lowest BCUT2D eigenvalue weighted by Crippen LogP contribution is -2.44. The molecule has 1 atom stereocenters. The van der Waals surface area contributed by atoms with Gasteiger partial charge in [0, 0.05) is 19.1 Å². The fraction of sp³-hybridized carbons (Fsp3) is 0.500. The van der Waals surface area contributed by atoms with E-state index in [4.69, 9.17) is 5.84 Å². The molecule has 0 saturated heterocycles. The van der Waals surface area contributed by atoms with Gasteiger partial charge >= 0.3 is 0 Å². The van der Waals surface area contributed by atoms with Crippen molar-refractivity contribution in [3.63, 3.8) is 0 Å². The lowest BCUT2D eigenvalue weighted by Gasteiger charge is -2.30. The van der Waals surface area contributed by atoms with Crippen molar-refractivity contribution in [1.29, 1.82) is 0 Å². The number of nitrogen functional groups attached to an aromatic ring is 1. The van der Waals surface area contributed by atoms with E-state index in [-0.39, 0.29) is 11.9 Å². The van der Waals surface area contributed by atoms with E-state index in [1.54, 1.807) is 12.1 Å². The Hall–Kier alpha value is -1.59. The van der Waals surface area contributed by atoms with Crippen molar-refractivity contribution in [1.82, 2.24) is 9.80 Å². The Balaban J connectivity index is 2.95. The molecule has 19 heavy (non-hydrogen) atoms. The van der Waals surface area contributed by atoms with Crippen LogP contribution >= 0.6 is 0 Å². The molecular weight excluding hydrogens is 240 g/mol. The Morgan fingerprint density at radius 1 is 1.37 bits per heavy atom. The Labute approximate surface area is 115 Å². The zero-order valence-corrected chi connectivity index (χ0v) is 12.2. The van der Waals surface area contributed by atoms with Gasteiger partial charge < -0.3 is 15.2 Å². The maximum absolute atomic E-state index is 12.6. The number of hydrogen-bond acceptors (Lipinski definition) is 4. The molecule has 0 saturated carbocycles. The number of nitrogens with one attached hydrogen (secondary N) is 1. The van der Waals surface area contributed by atoms with Gasteiger partial charge in [0.05, 0.1) is 11.3 Å². The Morgan fingerprint density at radius 2 is 2.00 bits per heavy atom. The number of amides is 1. The summed E-state index contributed by atoms with van der Waals surface area (Å²) < 4.78 is 0. The van der Waals surface area contributed by atoms with E-state index in [0.717, 1.165) is 6.54 Å². The molecule has 106 valence electrons. The minimum atomic E-state index is 0.00500. The predicted molar refractivity (Wildman–Crippen MR) is 79.0 cm³/mol. The van der Waals surface area contributed by atoms with Crippen molar-refractivity contribution in [3.05, 3.63) is 29.8 Å². The first-order valence-electron chi connectivity index (χ1n) is 6.52. The Kier molecular flexibility index (Phi) is 5.79. The second kappa shape index (κ2) is 7.11. The average Bonchev–Trinajstić information content (AvgIpc) is 2.38. The van der Waals surface area contributed by atoms with Crippen LogP contribution in [0.15, 0.2) is 24.3 Å². The Morgan fingerprint density at radius 3 is 2.53 bits per heavy atom. The summed E-state index contributed by atoms with van der Waals surface area (Å²) in [6, 6.07) is 7.45. The first-order valence-corrected chi connectivity index (χ1v) is 6.52. The largest absolute Gasteiger partial charge is 0.335 e. The quantitative estimate of drug-likeness (QED) is 0.602. The molecule has 0 heterocycles. The zero-order chi connectivity index (χ0) is 14.4. The number of benzene rings is 1. The standard InChI is InChI=1S/C14H24N4O/c1-5-18(11(2)10-17(3)4)14(19)12-8-6-7-9-13(12)16-15/h6-9,11,16H,5,10,15H2,1-4H3. The van der Waals surface area contributed by atoms with Crippen LogP contribution in [0.2, 0.25) is 0 Å². The normalized spacial score (nSPS) is 12.3. The van der Waals surface area contributed by atoms with Crippen molar-refractivity contribution >= 4 is 11.6 Å². The molecule has 1 amide bonds. The van der Waals surface area contributed by atoms with E-state index in [1.165, 1.54) is 0 Å². The number of likely N-dealkylation sites (N-methyl/N-ethyl adjacent to an activating group) is 2. The van der Waals surface area contributed by atoms with E-state index in [1.807, 2.05) is 38.1 Å². The van der Waals surface area contributed by atoms with Gasteiger partial charge in [0.15, 0.2) is 0 Å². The van der Waals surface area contributed by atoms with Gasteiger partial charge in [-0.15, -0.1) is 0 Å². The molecule has 5 nitrogen and oxygen atoms in total. The first-order chi connectivity index (χ1) is 9.01. The molecular formula is C14H24N4O. The number of nitrogens with two attached hydrogens (primary N) is 1. The second-order valence-corrected chi connectivity index (χ2v) is 4.89. The van der Waals surface area contributed by atoms with Crippen LogP contribution in [0.5, 0.6) is 0 Å². The maximum atomic E-state index is 12.6. The molecule has 0 aliphatic heterocycles. The fourth-order valence-corrected chi connectivity index (χ4v) is 2.23. The third-order valence-corrected chi connectivity index (χ3v) is 3.08. The molecule has 1 aromatic carbocycles. The zero-order valence-electron chi connectivity index (χ0n) is 12.2. The highest BCUT2D eigenvalue weighted by Crippen LogP contribution is 2.17. The van der Waals surface area contributed by atoms with E-state index >= 15 is 0 Å². The van der Waals surface area contributed by atoms with Crippen molar-refractivity contribution in [2.75, 3.05) is 32.6 Å². The lowest BCUT2D eigenvalue weighted by molar-refractivity contribution is 0.0680. The van der Waals surface area contributed by atoms with Gasteiger partial charge in [0.1, 0.15) is 0 Å². The second-order valence-electron chi connectivity index (χ2n) is 4.89. The summed E-state index contributed by atoms with van der Waals surface area (Å²) in [5, 5.41) is 0. The first kappa shape index (κ1) is 15.5. The summed E-state index contributed by atoms with van der Waals surface area (Å²) in [6.45, 7) is 5.55. The van der Waals surface area contributed by atoms with Crippen molar-refractivity contribution in [2.45, 2.75) is 19.9 Å². The van der Waals surface area contributed by atoms with Gasteiger partial charge in [0.2, 0.25) is 0 Å². The lowest BCUT2D eigenvalue weighted by atomic mass is 10.1. The van der Waals surface area contributed by atoms with E-state index < -0.39 is 0 Å². The number of carbonyl (C=O) groups is 1. The molecule has 1 unspecified atom stereocenters. The molecule has 1 rings (SSSR count). The van der Waals surface area contributed by atoms with E-state index in [9.17, 15) is 4.79 Å². The van der Waals surface area contributed by atoms with Gasteiger partial charge in [-0.2, -0.15) is 0 Å². The molecule has 3 N–H and O–H groups in total. The molecule has 0 bridgehead atoms. The summed E-state index contributed by atoms with van der Waals surface area (Å²) in [5.74, 6) is 5.46. The maximum Gasteiger partial charge on any atom is 0.256 e. The van der Waals surface area contributed by atoms with E-state index in [0.29, 0.717) is 17.8 Å². The average molecular weight is 264 g/mol. The van der Waals surface area contributed by atoms with Crippen LogP contribution in [-0.2, 0) is 0 Å². The van der Waals surface area contributed by atoms with Crippen LogP contribution in [-0.4, -0.2) is 48.9 Å². The monoisotopic (exact) mass is 264 g/mol. The van der Waals surface area contributed by atoms with Crippen LogP contribution in [0.4, 0.5) is 5.69 Å². The molecule has 0 fully saturated rings. The number of anilines is 1. The summed E-state index contributed by atoms with van der Waals surface area (Å²) in [4.78, 5) is 16.5. The highest BCUT2D eigenvalue weighted by molar-refractivity contribution is 5.99. The minimum Gasteiger partial charge on any atom is -0.335 e. The topological polar surface area (TPSA) is 61.6 Å². The summed E-state index contributed by atoms with van der Waals surface area (Å²) in [6.07, 6.45) is 0. The highest BCUT2D eigenvalue weighted by atomic mass is 16.2. The van der Waals surface area contributed by atoms with Crippen LogP contribution in [0.1, 0.15) is 24.2 Å².